The van der Waals surface area contributed by atoms with E-state index < -0.39 is 5.82 Å². The van der Waals surface area contributed by atoms with Crippen LogP contribution in [0.1, 0.15) is 21.5 Å². The molecule has 0 saturated carbocycles. The molecule has 2 aromatic carbocycles. The summed E-state index contributed by atoms with van der Waals surface area (Å²) >= 11 is 5.67. The first-order valence-electron chi connectivity index (χ1n) is 5.80. The molecule has 0 radical (unpaired) electrons. The van der Waals surface area contributed by atoms with Crippen LogP contribution in [-0.4, -0.2) is 5.78 Å². The maximum absolute atomic E-state index is 13.6. The van der Waals surface area contributed by atoms with Gasteiger partial charge in [-0.15, -0.1) is 0 Å². The van der Waals surface area contributed by atoms with Crippen molar-refractivity contribution in [2.45, 2.75) is 13.3 Å². The Labute approximate surface area is 116 Å². The molecule has 0 fully saturated rings. The lowest BCUT2D eigenvalue weighted by Gasteiger charge is -2.06. The summed E-state index contributed by atoms with van der Waals surface area (Å²) in [5.74, 6) is -0.614. The molecule has 0 amide bonds. The fraction of sp³-hybridized carbons (Fsp3) is 0.133. The molecule has 2 aromatic rings. The Hall–Kier alpha value is -1.87. The second kappa shape index (κ2) is 5.41. The van der Waals surface area contributed by atoms with Crippen LogP contribution in [0.5, 0.6) is 0 Å². The Morgan fingerprint density at radius 3 is 2.63 bits per heavy atom. The lowest BCUT2D eigenvalue weighted by Crippen LogP contribution is -2.06. The van der Waals surface area contributed by atoms with E-state index in [1.807, 2.05) is 6.92 Å². The van der Waals surface area contributed by atoms with Crippen LogP contribution in [0.25, 0.3) is 0 Å². The van der Waals surface area contributed by atoms with E-state index in [2.05, 4.69) is 0 Å². The first-order valence-corrected chi connectivity index (χ1v) is 6.18. The quantitative estimate of drug-likeness (QED) is 0.685. The van der Waals surface area contributed by atoms with Gasteiger partial charge in [0.15, 0.2) is 5.78 Å². The summed E-state index contributed by atoms with van der Waals surface area (Å²) in [6.45, 7) is 1.83. The molecule has 0 aliphatic heterocycles. The maximum Gasteiger partial charge on any atom is 0.167 e. The minimum absolute atomic E-state index is 0.00631. The summed E-state index contributed by atoms with van der Waals surface area (Å²) in [5.41, 5.74) is 8.03. The highest BCUT2D eigenvalue weighted by Crippen LogP contribution is 2.18. The zero-order valence-electron chi connectivity index (χ0n) is 10.4. The van der Waals surface area contributed by atoms with Crippen molar-refractivity contribution >= 4 is 23.1 Å². The first-order chi connectivity index (χ1) is 8.97. The summed E-state index contributed by atoms with van der Waals surface area (Å²) in [7, 11) is 0. The van der Waals surface area contributed by atoms with Crippen LogP contribution in [0, 0.1) is 12.7 Å². The van der Waals surface area contributed by atoms with E-state index in [1.54, 1.807) is 24.3 Å². The minimum atomic E-state index is -0.465. The molecular weight excluding hydrogens is 265 g/mol. The lowest BCUT2D eigenvalue weighted by molar-refractivity contribution is 0.0992. The Bertz CT molecular complexity index is 640. The standard InChI is InChI=1S/C15H13ClFNO/c1-9-6-11(3-5-14(9)18)15(19)7-10-2-4-12(16)8-13(10)17/h2-6,8H,7,18H2,1H3. The van der Waals surface area contributed by atoms with Crippen molar-refractivity contribution in [3.05, 3.63) is 63.9 Å². The maximum atomic E-state index is 13.6. The number of nitrogen functional groups attached to an aromatic ring is 1. The number of aryl methyl sites for hydroxylation is 1. The van der Waals surface area contributed by atoms with Crippen molar-refractivity contribution in [2.75, 3.05) is 5.73 Å². The van der Waals surface area contributed by atoms with Gasteiger partial charge in [-0.25, -0.2) is 4.39 Å². The third-order valence-electron chi connectivity index (χ3n) is 2.96. The van der Waals surface area contributed by atoms with Crippen LogP contribution in [0.4, 0.5) is 10.1 Å². The predicted molar refractivity (Wildman–Crippen MR) is 75.0 cm³/mol. The van der Waals surface area contributed by atoms with Crippen molar-refractivity contribution in [2.24, 2.45) is 0 Å². The van der Waals surface area contributed by atoms with E-state index in [0.29, 0.717) is 21.8 Å². The summed E-state index contributed by atoms with van der Waals surface area (Å²) in [5, 5.41) is 0.317. The van der Waals surface area contributed by atoms with Crippen LogP contribution >= 0.6 is 11.6 Å². The molecule has 98 valence electrons. The van der Waals surface area contributed by atoms with Crippen LogP contribution < -0.4 is 5.73 Å². The molecule has 4 heteroatoms. The van der Waals surface area contributed by atoms with E-state index in [9.17, 15) is 9.18 Å². The van der Waals surface area contributed by atoms with Crippen LogP contribution in [0.3, 0.4) is 0 Å². The number of Topliss-reactive ketones (excluding diaryl/α,β-unsaturated/α-hetero) is 1. The number of anilines is 1. The summed E-state index contributed by atoms with van der Waals surface area (Å²) < 4.78 is 13.6. The average Bonchev–Trinajstić information content (AvgIpc) is 2.36. The lowest BCUT2D eigenvalue weighted by atomic mass is 10.0. The van der Waals surface area contributed by atoms with Crippen LogP contribution in [0.15, 0.2) is 36.4 Å². The van der Waals surface area contributed by atoms with Gasteiger partial charge in [-0.3, -0.25) is 4.79 Å². The number of ketones is 1. The van der Waals surface area contributed by atoms with Gasteiger partial charge in [0.2, 0.25) is 0 Å². The van der Waals surface area contributed by atoms with Gasteiger partial charge in [0, 0.05) is 22.7 Å². The number of carbonyl (C=O) groups excluding carboxylic acids is 1. The van der Waals surface area contributed by atoms with Gasteiger partial charge in [-0.1, -0.05) is 17.7 Å². The molecule has 0 spiro atoms. The number of hydrogen-bond acceptors (Lipinski definition) is 2. The van der Waals surface area contributed by atoms with Gasteiger partial charge >= 0.3 is 0 Å². The normalized spacial score (nSPS) is 10.5. The Morgan fingerprint density at radius 2 is 2.00 bits per heavy atom. The van der Waals surface area contributed by atoms with E-state index >= 15 is 0 Å². The second-order valence-electron chi connectivity index (χ2n) is 4.41. The molecule has 0 heterocycles. The van der Waals surface area contributed by atoms with E-state index in [1.165, 1.54) is 12.1 Å². The summed E-state index contributed by atoms with van der Waals surface area (Å²) in [4.78, 5) is 12.1. The van der Waals surface area contributed by atoms with Crippen molar-refractivity contribution in [3.63, 3.8) is 0 Å². The van der Waals surface area contributed by atoms with Gasteiger partial charge < -0.3 is 5.73 Å². The number of nitrogens with two attached hydrogens (primary N) is 1. The molecule has 0 saturated heterocycles. The zero-order valence-corrected chi connectivity index (χ0v) is 11.2. The molecule has 0 unspecified atom stereocenters. The van der Waals surface area contributed by atoms with Crippen LogP contribution in [-0.2, 0) is 6.42 Å². The second-order valence-corrected chi connectivity index (χ2v) is 4.84. The monoisotopic (exact) mass is 277 g/mol. The number of carbonyl (C=O) groups is 1. The average molecular weight is 278 g/mol. The smallest absolute Gasteiger partial charge is 0.167 e. The van der Waals surface area contributed by atoms with Gasteiger partial charge in [0.1, 0.15) is 5.82 Å². The topological polar surface area (TPSA) is 43.1 Å². The van der Waals surface area contributed by atoms with E-state index in [-0.39, 0.29) is 12.2 Å². The molecule has 2 rings (SSSR count). The fourth-order valence-corrected chi connectivity index (χ4v) is 1.95. The number of halogens is 2. The van der Waals surface area contributed by atoms with Gasteiger partial charge in [0.05, 0.1) is 0 Å². The summed E-state index contributed by atoms with van der Waals surface area (Å²) in [6, 6.07) is 9.35. The van der Waals surface area contributed by atoms with Crippen LogP contribution in [0.2, 0.25) is 5.02 Å². The number of rotatable bonds is 3. The van der Waals surface area contributed by atoms with Crippen molar-refractivity contribution in [1.29, 1.82) is 0 Å². The molecule has 19 heavy (non-hydrogen) atoms. The third-order valence-corrected chi connectivity index (χ3v) is 3.19. The van der Waals surface area contributed by atoms with Crippen molar-refractivity contribution in [1.82, 2.24) is 0 Å². The minimum Gasteiger partial charge on any atom is -0.399 e. The molecule has 2 N–H and O–H groups in total. The third kappa shape index (κ3) is 3.12. The van der Waals surface area contributed by atoms with Crippen molar-refractivity contribution < 1.29 is 9.18 Å². The molecule has 0 aromatic heterocycles. The largest absolute Gasteiger partial charge is 0.399 e. The Balaban J connectivity index is 2.23. The molecular formula is C15H13ClFNO. The predicted octanol–water partition coefficient (Wildman–Crippen LogP) is 3.80. The van der Waals surface area contributed by atoms with Gasteiger partial charge in [-0.2, -0.15) is 0 Å². The van der Waals surface area contributed by atoms with E-state index in [0.717, 1.165) is 5.56 Å². The molecule has 0 aliphatic rings. The van der Waals surface area contributed by atoms with Gasteiger partial charge in [-0.05, 0) is 48.4 Å². The number of benzene rings is 2. The first kappa shape index (κ1) is 13.6. The molecule has 0 atom stereocenters. The van der Waals surface area contributed by atoms with Gasteiger partial charge in [0.25, 0.3) is 0 Å². The van der Waals surface area contributed by atoms with E-state index in [4.69, 9.17) is 17.3 Å². The highest BCUT2D eigenvalue weighted by Gasteiger charge is 2.11. The molecule has 0 bridgehead atoms. The van der Waals surface area contributed by atoms with Crippen molar-refractivity contribution in [3.8, 4) is 0 Å². The molecule has 0 aliphatic carbocycles. The number of hydrogen-bond donors (Lipinski definition) is 1. The Kier molecular flexibility index (Phi) is 3.86. The highest BCUT2D eigenvalue weighted by atomic mass is 35.5. The Morgan fingerprint density at radius 1 is 1.26 bits per heavy atom. The SMILES string of the molecule is Cc1cc(C(=O)Cc2ccc(Cl)cc2F)ccc1N. The summed E-state index contributed by atoms with van der Waals surface area (Å²) in [6.07, 6.45) is 0.00631. The zero-order chi connectivity index (χ0) is 14.0. The molecule has 2 nitrogen and oxygen atoms in total. The highest BCUT2D eigenvalue weighted by molar-refractivity contribution is 6.30. The fourth-order valence-electron chi connectivity index (χ4n) is 1.79.